The fraction of sp³-hybridized carbons (Fsp3) is 0.750. The summed E-state index contributed by atoms with van der Waals surface area (Å²) in [6.45, 7) is 5.51. The molecule has 0 saturated carbocycles. The number of nitrogens with one attached hydrogen (secondary N) is 1. The van der Waals surface area contributed by atoms with E-state index in [0.29, 0.717) is 5.41 Å². The molecule has 1 aliphatic rings. The molecule has 1 fully saturated rings. The van der Waals surface area contributed by atoms with Crippen LogP contribution < -0.4 is 5.32 Å². The maximum Gasteiger partial charge on any atom is 0.331 e. The zero-order valence-electron chi connectivity index (χ0n) is 10.5. The molecule has 1 N–H and O–H groups in total. The summed E-state index contributed by atoms with van der Waals surface area (Å²) in [5, 5.41) is 3.18. The number of nitrogens with zero attached hydrogens (tertiary/aromatic N) is 1. The van der Waals surface area contributed by atoms with E-state index in [1.54, 1.807) is 6.20 Å². The second-order valence-electron chi connectivity index (χ2n) is 4.85. The lowest BCUT2D eigenvalue weighted by Gasteiger charge is -2.37. The van der Waals surface area contributed by atoms with Gasteiger partial charge >= 0.3 is 5.97 Å². The first kappa shape index (κ1) is 13.0. The Morgan fingerprint density at radius 2 is 2.12 bits per heavy atom. The van der Waals surface area contributed by atoms with Crippen molar-refractivity contribution in [2.75, 3.05) is 33.8 Å². The van der Waals surface area contributed by atoms with Crippen LogP contribution in [-0.4, -0.2) is 44.7 Å². The standard InChI is InChI=1S/C12H22N2O2/c1-12(5-8-14(2)9-6-12)10-13-7-4-11(15)16-3/h4,7,13H,5-6,8-10H2,1-3H3/b7-4+. The molecule has 0 spiro atoms. The zero-order valence-corrected chi connectivity index (χ0v) is 10.5. The lowest BCUT2D eigenvalue weighted by Crippen LogP contribution is -2.41. The van der Waals surface area contributed by atoms with Gasteiger partial charge in [0.15, 0.2) is 0 Å². The van der Waals surface area contributed by atoms with Gasteiger partial charge < -0.3 is 15.0 Å². The Morgan fingerprint density at radius 3 is 2.69 bits per heavy atom. The first-order chi connectivity index (χ1) is 7.56. The Morgan fingerprint density at radius 1 is 1.50 bits per heavy atom. The smallest absolute Gasteiger partial charge is 0.331 e. The van der Waals surface area contributed by atoms with Crippen LogP contribution in [0.2, 0.25) is 0 Å². The molecule has 1 aliphatic heterocycles. The summed E-state index contributed by atoms with van der Waals surface area (Å²) < 4.78 is 4.51. The molecule has 0 aromatic heterocycles. The van der Waals surface area contributed by atoms with E-state index in [2.05, 4.69) is 28.9 Å². The minimum atomic E-state index is -0.318. The molecule has 1 heterocycles. The topological polar surface area (TPSA) is 41.6 Å². The predicted molar refractivity (Wildman–Crippen MR) is 64.0 cm³/mol. The fourth-order valence-corrected chi connectivity index (χ4v) is 1.84. The highest BCUT2D eigenvalue weighted by Gasteiger charge is 2.27. The van der Waals surface area contributed by atoms with Gasteiger partial charge in [0.25, 0.3) is 0 Å². The van der Waals surface area contributed by atoms with Gasteiger partial charge in [0.05, 0.1) is 7.11 Å². The first-order valence-electron chi connectivity index (χ1n) is 5.72. The largest absolute Gasteiger partial charge is 0.466 e. The van der Waals surface area contributed by atoms with Gasteiger partial charge in [-0.25, -0.2) is 4.79 Å². The molecule has 16 heavy (non-hydrogen) atoms. The van der Waals surface area contributed by atoms with E-state index in [9.17, 15) is 4.79 Å². The monoisotopic (exact) mass is 226 g/mol. The van der Waals surface area contributed by atoms with E-state index in [1.165, 1.54) is 26.0 Å². The van der Waals surface area contributed by atoms with Crippen molar-refractivity contribution in [1.29, 1.82) is 0 Å². The summed E-state index contributed by atoms with van der Waals surface area (Å²) in [5.41, 5.74) is 0.340. The van der Waals surface area contributed by atoms with Gasteiger partial charge in [0, 0.05) is 18.8 Å². The number of rotatable bonds is 4. The SMILES string of the molecule is COC(=O)/C=C/NCC1(C)CCN(C)CC1. The number of carbonyl (C=O) groups excluding carboxylic acids is 1. The minimum absolute atomic E-state index is 0.318. The third-order valence-corrected chi connectivity index (χ3v) is 3.26. The van der Waals surface area contributed by atoms with E-state index >= 15 is 0 Å². The molecule has 1 rings (SSSR count). The fourth-order valence-electron chi connectivity index (χ4n) is 1.84. The number of ether oxygens (including phenoxy) is 1. The summed E-state index contributed by atoms with van der Waals surface area (Å²) in [7, 11) is 3.54. The van der Waals surface area contributed by atoms with Crippen LogP contribution in [0.1, 0.15) is 19.8 Å². The molecule has 0 radical (unpaired) electrons. The van der Waals surface area contributed by atoms with Gasteiger partial charge in [-0.2, -0.15) is 0 Å². The van der Waals surface area contributed by atoms with Crippen LogP contribution in [0.3, 0.4) is 0 Å². The third-order valence-electron chi connectivity index (χ3n) is 3.26. The predicted octanol–water partition coefficient (Wildman–Crippen LogP) is 0.995. The number of carbonyl (C=O) groups is 1. The van der Waals surface area contributed by atoms with Crippen LogP contribution in [0.25, 0.3) is 0 Å². The summed E-state index contributed by atoms with van der Waals surface area (Å²) in [5.74, 6) is -0.318. The average Bonchev–Trinajstić information content (AvgIpc) is 2.29. The number of methoxy groups -OCH3 is 1. The maximum atomic E-state index is 10.8. The van der Waals surface area contributed by atoms with E-state index in [0.717, 1.165) is 19.6 Å². The Kier molecular flexibility index (Phi) is 4.80. The van der Waals surface area contributed by atoms with Gasteiger partial charge in [-0.3, -0.25) is 0 Å². The highest BCUT2D eigenvalue weighted by Crippen LogP contribution is 2.29. The Balaban J connectivity index is 2.26. The highest BCUT2D eigenvalue weighted by atomic mass is 16.5. The number of piperidine rings is 1. The average molecular weight is 226 g/mol. The zero-order chi connectivity index (χ0) is 12.0. The molecular formula is C12H22N2O2. The van der Waals surface area contributed by atoms with Crippen LogP contribution >= 0.6 is 0 Å². The molecule has 0 amide bonds. The summed E-state index contributed by atoms with van der Waals surface area (Å²) in [6, 6.07) is 0. The number of hydrogen-bond acceptors (Lipinski definition) is 4. The number of likely N-dealkylation sites (tertiary alicyclic amines) is 1. The van der Waals surface area contributed by atoms with Crippen LogP contribution in [0.15, 0.2) is 12.3 Å². The molecule has 0 bridgehead atoms. The Bertz CT molecular complexity index is 256. The molecule has 1 saturated heterocycles. The van der Waals surface area contributed by atoms with Gasteiger partial charge in [0.2, 0.25) is 0 Å². The van der Waals surface area contributed by atoms with Crippen molar-refractivity contribution in [1.82, 2.24) is 10.2 Å². The molecule has 92 valence electrons. The second-order valence-corrected chi connectivity index (χ2v) is 4.85. The van der Waals surface area contributed by atoms with Gasteiger partial charge in [-0.15, -0.1) is 0 Å². The molecular weight excluding hydrogens is 204 g/mol. The Labute approximate surface area is 97.6 Å². The second kappa shape index (κ2) is 5.89. The van der Waals surface area contributed by atoms with E-state index < -0.39 is 0 Å². The number of hydrogen-bond donors (Lipinski definition) is 1. The van der Waals surface area contributed by atoms with Crippen molar-refractivity contribution in [2.24, 2.45) is 5.41 Å². The molecule has 0 aliphatic carbocycles. The van der Waals surface area contributed by atoms with E-state index in [-0.39, 0.29) is 5.97 Å². The quantitative estimate of drug-likeness (QED) is 0.573. The summed E-state index contributed by atoms with van der Waals surface area (Å²) in [6.07, 6.45) is 5.48. The van der Waals surface area contributed by atoms with Crippen molar-refractivity contribution in [3.63, 3.8) is 0 Å². The van der Waals surface area contributed by atoms with Crippen LogP contribution in [0.4, 0.5) is 0 Å². The molecule has 4 nitrogen and oxygen atoms in total. The molecule has 0 aromatic carbocycles. The summed E-state index contributed by atoms with van der Waals surface area (Å²) >= 11 is 0. The third kappa shape index (κ3) is 4.23. The van der Waals surface area contributed by atoms with E-state index in [4.69, 9.17) is 0 Å². The molecule has 0 unspecified atom stereocenters. The van der Waals surface area contributed by atoms with Crippen molar-refractivity contribution in [2.45, 2.75) is 19.8 Å². The van der Waals surface area contributed by atoms with Crippen molar-refractivity contribution in [3.8, 4) is 0 Å². The van der Waals surface area contributed by atoms with Gasteiger partial charge in [-0.1, -0.05) is 6.92 Å². The van der Waals surface area contributed by atoms with Crippen LogP contribution in [0, 0.1) is 5.41 Å². The maximum absolute atomic E-state index is 10.8. The first-order valence-corrected chi connectivity index (χ1v) is 5.72. The minimum Gasteiger partial charge on any atom is -0.466 e. The van der Waals surface area contributed by atoms with Crippen molar-refractivity contribution in [3.05, 3.63) is 12.3 Å². The van der Waals surface area contributed by atoms with Crippen LogP contribution in [0.5, 0.6) is 0 Å². The van der Waals surface area contributed by atoms with Crippen molar-refractivity contribution < 1.29 is 9.53 Å². The lowest BCUT2D eigenvalue weighted by atomic mass is 9.80. The number of esters is 1. The summed E-state index contributed by atoms with van der Waals surface area (Å²) in [4.78, 5) is 13.2. The molecule has 4 heteroatoms. The van der Waals surface area contributed by atoms with Crippen LogP contribution in [-0.2, 0) is 9.53 Å². The van der Waals surface area contributed by atoms with E-state index in [1.807, 2.05) is 0 Å². The molecule has 0 aromatic rings. The Hall–Kier alpha value is -1.03. The van der Waals surface area contributed by atoms with Gasteiger partial charge in [-0.05, 0) is 38.4 Å². The van der Waals surface area contributed by atoms with Crippen molar-refractivity contribution >= 4 is 5.97 Å². The van der Waals surface area contributed by atoms with Gasteiger partial charge in [0.1, 0.15) is 0 Å². The molecule has 0 atom stereocenters. The lowest BCUT2D eigenvalue weighted by molar-refractivity contribution is -0.134. The highest BCUT2D eigenvalue weighted by molar-refractivity contribution is 5.81. The normalized spacial score (nSPS) is 20.9.